The first kappa shape index (κ1) is 18.7. The number of rotatable bonds is 7. The number of sulfonamides is 1. The Hall–Kier alpha value is -1.06. The first-order valence-electron chi connectivity index (χ1n) is 8.81. The summed E-state index contributed by atoms with van der Waals surface area (Å²) in [6, 6.07) is 5.47. The zero-order valence-corrected chi connectivity index (χ0v) is 15.2. The van der Waals surface area contributed by atoms with Crippen LogP contribution >= 0.6 is 0 Å². The Labute approximate surface area is 149 Å². The lowest BCUT2D eigenvalue weighted by Crippen LogP contribution is -2.41. The molecule has 0 spiro atoms. The number of benzene rings is 1. The minimum Gasteiger partial charge on any atom is -0.379 e. The van der Waals surface area contributed by atoms with Crippen LogP contribution in [0.1, 0.15) is 6.42 Å². The molecule has 140 valence electrons. The van der Waals surface area contributed by atoms with E-state index in [0.29, 0.717) is 6.54 Å². The molecule has 25 heavy (non-hydrogen) atoms. The van der Waals surface area contributed by atoms with Crippen LogP contribution in [0.25, 0.3) is 0 Å². The molecule has 0 amide bonds. The fourth-order valence-corrected chi connectivity index (χ4v) is 4.55. The molecule has 3 rings (SSSR count). The van der Waals surface area contributed by atoms with Crippen molar-refractivity contribution in [3.8, 4) is 0 Å². The number of nitrogens with zero attached hydrogens (tertiary/aromatic N) is 2. The number of ether oxygens (including phenoxy) is 1. The number of morpholine rings is 1. The monoisotopic (exact) mass is 371 g/mol. The number of hydrogen-bond donors (Lipinski definition) is 1. The van der Waals surface area contributed by atoms with Crippen LogP contribution < -0.4 is 4.72 Å². The van der Waals surface area contributed by atoms with Gasteiger partial charge in [0.05, 0.1) is 13.2 Å². The molecule has 0 aliphatic carbocycles. The first-order chi connectivity index (χ1) is 12.0. The Bertz CT molecular complexity index is 665. The number of likely N-dealkylation sites (tertiary alicyclic amines) is 1. The van der Waals surface area contributed by atoms with E-state index >= 15 is 0 Å². The second-order valence-electron chi connectivity index (χ2n) is 6.69. The van der Waals surface area contributed by atoms with Gasteiger partial charge in [0, 0.05) is 39.3 Å². The van der Waals surface area contributed by atoms with Crippen LogP contribution in [0.2, 0.25) is 0 Å². The fourth-order valence-electron chi connectivity index (χ4n) is 3.36. The van der Waals surface area contributed by atoms with E-state index in [-0.39, 0.29) is 10.8 Å². The second kappa shape index (κ2) is 8.55. The fraction of sp³-hybridized carbons (Fsp3) is 0.647. The van der Waals surface area contributed by atoms with Gasteiger partial charge in [-0.3, -0.25) is 4.90 Å². The van der Waals surface area contributed by atoms with Gasteiger partial charge in [-0.05, 0) is 31.0 Å². The van der Waals surface area contributed by atoms with Crippen molar-refractivity contribution in [3.63, 3.8) is 0 Å². The van der Waals surface area contributed by atoms with Crippen molar-refractivity contribution >= 4 is 10.0 Å². The van der Waals surface area contributed by atoms with E-state index in [4.69, 9.17) is 4.74 Å². The zero-order valence-electron chi connectivity index (χ0n) is 14.4. The minimum absolute atomic E-state index is 0.270. The Balaban J connectivity index is 1.43. The van der Waals surface area contributed by atoms with E-state index in [1.165, 1.54) is 18.2 Å². The third-order valence-electron chi connectivity index (χ3n) is 4.89. The Morgan fingerprint density at radius 1 is 1.12 bits per heavy atom. The molecular weight excluding hydrogens is 345 g/mol. The van der Waals surface area contributed by atoms with Crippen LogP contribution in [0.4, 0.5) is 4.39 Å². The summed E-state index contributed by atoms with van der Waals surface area (Å²) in [7, 11) is -3.79. The van der Waals surface area contributed by atoms with Gasteiger partial charge in [-0.15, -0.1) is 0 Å². The van der Waals surface area contributed by atoms with Crippen molar-refractivity contribution < 1.29 is 17.5 Å². The predicted octanol–water partition coefficient (Wildman–Crippen LogP) is 0.758. The molecule has 1 aromatic carbocycles. The van der Waals surface area contributed by atoms with Gasteiger partial charge < -0.3 is 9.64 Å². The molecule has 8 heteroatoms. The molecule has 0 unspecified atom stereocenters. The molecule has 0 saturated carbocycles. The van der Waals surface area contributed by atoms with Crippen LogP contribution in [-0.4, -0.2) is 77.2 Å². The van der Waals surface area contributed by atoms with Gasteiger partial charge in [0.2, 0.25) is 10.0 Å². The number of hydrogen-bond acceptors (Lipinski definition) is 5. The smallest absolute Gasteiger partial charge is 0.243 e. The summed E-state index contributed by atoms with van der Waals surface area (Å²) in [4.78, 5) is 4.49. The van der Waals surface area contributed by atoms with E-state index in [0.717, 1.165) is 65.0 Å². The van der Waals surface area contributed by atoms with Gasteiger partial charge in [-0.1, -0.05) is 12.1 Å². The first-order valence-corrected chi connectivity index (χ1v) is 10.3. The van der Waals surface area contributed by atoms with Gasteiger partial charge in [0.1, 0.15) is 10.7 Å². The van der Waals surface area contributed by atoms with Crippen LogP contribution in [0.3, 0.4) is 0 Å². The van der Waals surface area contributed by atoms with Crippen LogP contribution in [0.5, 0.6) is 0 Å². The molecule has 2 heterocycles. The van der Waals surface area contributed by atoms with Crippen molar-refractivity contribution in [2.24, 2.45) is 5.92 Å². The highest BCUT2D eigenvalue weighted by molar-refractivity contribution is 7.89. The number of nitrogens with one attached hydrogen (secondary N) is 1. The van der Waals surface area contributed by atoms with Gasteiger partial charge in [0.25, 0.3) is 0 Å². The summed E-state index contributed by atoms with van der Waals surface area (Å²) in [5, 5.41) is 0. The lowest BCUT2D eigenvalue weighted by Gasteiger charge is -2.28. The molecule has 1 aromatic rings. The summed E-state index contributed by atoms with van der Waals surface area (Å²) in [6.45, 7) is 7.82. The standard InChI is InChI=1S/C17H26FN3O3S/c18-16-3-1-2-4-17(16)25(22,23)19-13-15-5-6-21(14-15)8-7-20-9-11-24-12-10-20/h1-4,15,19H,5-14H2/t15-/m0/s1. The molecule has 0 bridgehead atoms. The summed E-state index contributed by atoms with van der Waals surface area (Å²) in [6.07, 6.45) is 0.961. The summed E-state index contributed by atoms with van der Waals surface area (Å²) in [5.74, 6) is -0.445. The van der Waals surface area contributed by atoms with Crippen molar-refractivity contribution in [1.29, 1.82) is 0 Å². The average Bonchev–Trinajstić information content (AvgIpc) is 3.07. The molecule has 0 radical (unpaired) electrons. The maximum absolute atomic E-state index is 13.7. The summed E-state index contributed by atoms with van der Waals surface area (Å²) < 4.78 is 46.1. The Morgan fingerprint density at radius 3 is 2.60 bits per heavy atom. The third-order valence-corrected chi connectivity index (χ3v) is 6.35. The highest BCUT2D eigenvalue weighted by Crippen LogP contribution is 2.18. The zero-order chi connectivity index (χ0) is 17.7. The molecule has 1 N–H and O–H groups in total. The van der Waals surface area contributed by atoms with Crippen LogP contribution in [0, 0.1) is 11.7 Å². The van der Waals surface area contributed by atoms with E-state index < -0.39 is 15.8 Å². The SMILES string of the molecule is O=S(=O)(NC[C@@H]1CCN(CCN2CCOCC2)C1)c1ccccc1F. The van der Waals surface area contributed by atoms with Gasteiger partial charge in [0.15, 0.2) is 0 Å². The summed E-state index contributed by atoms with van der Waals surface area (Å²) >= 11 is 0. The highest BCUT2D eigenvalue weighted by Gasteiger charge is 2.26. The predicted molar refractivity (Wildman–Crippen MR) is 93.4 cm³/mol. The lowest BCUT2D eigenvalue weighted by molar-refractivity contribution is 0.0343. The topological polar surface area (TPSA) is 61.9 Å². The molecule has 1 atom stereocenters. The molecular formula is C17H26FN3O3S. The number of halogens is 1. The van der Waals surface area contributed by atoms with Crippen molar-refractivity contribution in [2.45, 2.75) is 11.3 Å². The van der Waals surface area contributed by atoms with Gasteiger partial charge in [-0.25, -0.2) is 17.5 Å². The van der Waals surface area contributed by atoms with Crippen molar-refractivity contribution in [1.82, 2.24) is 14.5 Å². The maximum atomic E-state index is 13.7. The second-order valence-corrected chi connectivity index (χ2v) is 8.43. The van der Waals surface area contributed by atoms with Gasteiger partial charge in [-0.2, -0.15) is 0 Å². The lowest BCUT2D eigenvalue weighted by atomic mass is 10.1. The molecule has 2 saturated heterocycles. The van der Waals surface area contributed by atoms with Crippen molar-refractivity contribution in [3.05, 3.63) is 30.1 Å². The molecule has 0 aromatic heterocycles. The largest absolute Gasteiger partial charge is 0.379 e. The highest BCUT2D eigenvalue weighted by atomic mass is 32.2. The summed E-state index contributed by atoms with van der Waals surface area (Å²) in [5.41, 5.74) is 0. The quantitative estimate of drug-likeness (QED) is 0.767. The molecule has 2 aliphatic heterocycles. The Morgan fingerprint density at radius 2 is 1.84 bits per heavy atom. The molecule has 2 aliphatic rings. The van der Waals surface area contributed by atoms with E-state index in [1.54, 1.807) is 0 Å². The van der Waals surface area contributed by atoms with Crippen molar-refractivity contribution in [2.75, 3.05) is 59.0 Å². The third kappa shape index (κ3) is 5.21. The maximum Gasteiger partial charge on any atom is 0.243 e. The van der Waals surface area contributed by atoms with E-state index in [2.05, 4.69) is 14.5 Å². The van der Waals surface area contributed by atoms with E-state index in [9.17, 15) is 12.8 Å². The normalized spacial score (nSPS) is 23.2. The molecule has 6 nitrogen and oxygen atoms in total. The van der Waals surface area contributed by atoms with Gasteiger partial charge >= 0.3 is 0 Å². The Kier molecular flexibility index (Phi) is 6.40. The van der Waals surface area contributed by atoms with E-state index in [1.807, 2.05) is 0 Å². The minimum atomic E-state index is -3.79. The van der Waals surface area contributed by atoms with Crippen LogP contribution in [-0.2, 0) is 14.8 Å². The molecule has 2 fully saturated rings. The average molecular weight is 371 g/mol. The van der Waals surface area contributed by atoms with Crippen LogP contribution in [0.15, 0.2) is 29.2 Å².